The maximum absolute atomic E-state index is 11.1. The van der Waals surface area contributed by atoms with E-state index in [1.54, 1.807) is 24.3 Å². The number of carbonyl (C=O) groups excluding carboxylic acids is 1. The van der Waals surface area contributed by atoms with E-state index in [0.29, 0.717) is 10.7 Å². The molecule has 2 rings (SSSR count). The lowest BCUT2D eigenvalue weighted by Gasteiger charge is -2.05. The SMILES string of the molecule is NC(=O)Cn1nnc(C(=O)O)c1Cc1ccc(Cl)cc1. The van der Waals surface area contributed by atoms with Crippen molar-refractivity contribution in [2.75, 3.05) is 0 Å². The normalized spacial score (nSPS) is 10.4. The Morgan fingerprint density at radius 3 is 2.50 bits per heavy atom. The summed E-state index contributed by atoms with van der Waals surface area (Å²) >= 11 is 5.79. The minimum absolute atomic E-state index is 0.193. The zero-order valence-corrected chi connectivity index (χ0v) is 11.0. The van der Waals surface area contributed by atoms with Crippen molar-refractivity contribution in [1.29, 1.82) is 0 Å². The zero-order chi connectivity index (χ0) is 14.7. The lowest BCUT2D eigenvalue weighted by Crippen LogP contribution is -2.21. The number of nitrogens with two attached hydrogens (primary N) is 1. The van der Waals surface area contributed by atoms with Crippen molar-refractivity contribution in [3.05, 3.63) is 46.2 Å². The van der Waals surface area contributed by atoms with Gasteiger partial charge in [-0.2, -0.15) is 0 Å². The Balaban J connectivity index is 2.36. The van der Waals surface area contributed by atoms with Crippen molar-refractivity contribution in [1.82, 2.24) is 15.0 Å². The Morgan fingerprint density at radius 1 is 1.30 bits per heavy atom. The lowest BCUT2D eigenvalue weighted by molar-refractivity contribution is -0.118. The number of rotatable bonds is 5. The minimum Gasteiger partial charge on any atom is -0.476 e. The molecule has 20 heavy (non-hydrogen) atoms. The maximum atomic E-state index is 11.1. The minimum atomic E-state index is -1.20. The summed E-state index contributed by atoms with van der Waals surface area (Å²) in [4.78, 5) is 22.1. The molecule has 0 aliphatic rings. The summed E-state index contributed by atoms with van der Waals surface area (Å²) in [6.07, 6.45) is 0.263. The van der Waals surface area contributed by atoms with Gasteiger partial charge < -0.3 is 10.8 Å². The smallest absolute Gasteiger partial charge is 0.358 e. The number of hydrogen-bond acceptors (Lipinski definition) is 4. The number of benzene rings is 1. The van der Waals surface area contributed by atoms with Gasteiger partial charge in [-0.25, -0.2) is 9.48 Å². The first-order valence-electron chi connectivity index (χ1n) is 5.65. The van der Waals surface area contributed by atoms with Crippen molar-refractivity contribution >= 4 is 23.5 Å². The first-order valence-corrected chi connectivity index (χ1v) is 6.03. The second-order valence-corrected chi connectivity index (χ2v) is 4.55. The standard InChI is InChI=1S/C12H11ClN4O3/c13-8-3-1-7(2-4-8)5-9-11(12(19)20)15-16-17(9)6-10(14)18/h1-4H,5-6H2,(H2,14,18)(H,19,20). The van der Waals surface area contributed by atoms with Crippen molar-refractivity contribution in [3.8, 4) is 0 Å². The van der Waals surface area contributed by atoms with Gasteiger partial charge in [-0.05, 0) is 17.7 Å². The van der Waals surface area contributed by atoms with Crippen molar-refractivity contribution in [2.45, 2.75) is 13.0 Å². The molecular weight excluding hydrogens is 284 g/mol. The van der Waals surface area contributed by atoms with Crippen LogP contribution in [-0.4, -0.2) is 32.0 Å². The van der Waals surface area contributed by atoms with Crippen molar-refractivity contribution in [2.24, 2.45) is 5.73 Å². The summed E-state index contributed by atoms with van der Waals surface area (Å²) in [6, 6.07) is 6.91. The molecular formula is C12H11ClN4O3. The highest BCUT2D eigenvalue weighted by Crippen LogP contribution is 2.15. The van der Waals surface area contributed by atoms with E-state index < -0.39 is 11.9 Å². The van der Waals surface area contributed by atoms with Crippen molar-refractivity contribution < 1.29 is 14.7 Å². The number of carbonyl (C=O) groups is 2. The van der Waals surface area contributed by atoms with Crippen LogP contribution in [0.5, 0.6) is 0 Å². The van der Waals surface area contributed by atoms with Crippen LogP contribution in [0.25, 0.3) is 0 Å². The Morgan fingerprint density at radius 2 is 1.95 bits per heavy atom. The summed E-state index contributed by atoms with van der Waals surface area (Å²) in [5, 5.41) is 16.9. The van der Waals surface area contributed by atoms with Gasteiger partial charge in [0, 0.05) is 11.4 Å². The number of nitrogens with zero attached hydrogens (tertiary/aromatic N) is 3. The molecule has 0 aliphatic carbocycles. The number of hydrogen-bond donors (Lipinski definition) is 2. The molecule has 0 saturated carbocycles. The molecule has 1 heterocycles. The first kappa shape index (κ1) is 14.0. The zero-order valence-electron chi connectivity index (χ0n) is 10.3. The van der Waals surface area contributed by atoms with Gasteiger partial charge in [-0.3, -0.25) is 4.79 Å². The molecule has 1 aromatic carbocycles. The van der Waals surface area contributed by atoms with E-state index in [1.807, 2.05) is 0 Å². The van der Waals surface area contributed by atoms with E-state index in [0.717, 1.165) is 5.56 Å². The van der Waals surface area contributed by atoms with Gasteiger partial charge in [-0.15, -0.1) is 5.10 Å². The van der Waals surface area contributed by atoms with Crippen LogP contribution in [0, 0.1) is 0 Å². The molecule has 0 spiro atoms. The summed E-state index contributed by atoms with van der Waals surface area (Å²) in [5.41, 5.74) is 6.05. The Labute approximate surface area is 119 Å². The Kier molecular flexibility index (Phi) is 3.99. The van der Waals surface area contributed by atoms with Crippen LogP contribution in [0.1, 0.15) is 21.7 Å². The molecule has 0 aliphatic heterocycles. The van der Waals surface area contributed by atoms with E-state index in [1.165, 1.54) is 4.68 Å². The molecule has 2 aromatic rings. The predicted octanol–water partition coefficient (Wildman–Crippen LogP) is 0.706. The van der Waals surface area contributed by atoms with Crippen molar-refractivity contribution in [3.63, 3.8) is 0 Å². The van der Waals surface area contributed by atoms with E-state index in [2.05, 4.69) is 10.3 Å². The van der Waals surface area contributed by atoms with Crippen LogP contribution >= 0.6 is 11.6 Å². The van der Waals surface area contributed by atoms with Gasteiger partial charge >= 0.3 is 5.97 Å². The summed E-state index contributed by atoms with van der Waals surface area (Å²) in [7, 11) is 0. The number of carboxylic acids is 1. The predicted molar refractivity (Wildman–Crippen MR) is 70.4 cm³/mol. The highest BCUT2D eigenvalue weighted by Gasteiger charge is 2.20. The third-order valence-electron chi connectivity index (χ3n) is 2.63. The molecule has 8 heteroatoms. The average molecular weight is 295 g/mol. The number of aromatic carboxylic acids is 1. The van der Waals surface area contributed by atoms with Crippen LogP contribution in [-0.2, 0) is 17.8 Å². The molecule has 0 fully saturated rings. The maximum Gasteiger partial charge on any atom is 0.358 e. The van der Waals surface area contributed by atoms with Crippen LogP contribution in [0.4, 0.5) is 0 Å². The Hall–Kier alpha value is -2.41. The molecule has 1 amide bonds. The van der Waals surface area contributed by atoms with E-state index in [9.17, 15) is 9.59 Å². The number of primary amides is 1. The molecule has 0 radical (unpaired) electrons. The highest BCUT2D eigenvalue weighted by molar-refractivity contribution is 6.30. The third kappa shape index (κ3) is 3.12. The van der Waals surface area contributed by atoms with Gasteiger partial charge in [0.15, 0.2) is 5.69 Å². The quantitative estimate of drug-likeness (QED) is 0.843. The summed E-state index contributed by atoms with van der Waals surface area (Å²) in [6.45, 7) is -0.219. The fourth-order valence-electron chi connectivity index (χ4n) is 1.74. The van der Waals surface area contributed by atoms with E-state index in [-0.39, 0.29) is 18.7 Å². The van der Waals surface area contributed by atoms with Gasteiger partial charge in [0.2, 0.25) is 5.91 Å². The molecule has 0 unspecified atom stereocenters. The molecule has 0 saturated heterocycles. The van der Waals surface area contributed by atoms with Gasteiger partial charge in [-0.1, -0.05) is 28.9 Å². The first-order chi connectivity index (χ1) is 9.47. The summed E-state index contributed by atoms with van der Waals surface area (Å²) < 4.78 is 1.19. The van der Waals surface area contributed by atoms with Crippen LogP contribution in [0.2, 0.25) is 5.02 Å². The van der Waals surface area contributed by atoms with Gasteiger partial charge in [0.25, 0.3) is 0 Å². The van der Waals surface area contributed by atoms with Gasteiger partial charge in [0.1, 0.15) is 6.54 Å². The molecule has 1 aromatic heterocycles. The number of aromatic nitrogens is 3. The number of amides is 1. The lowest BCUT2D eigenvalue weighted by atomic mass is 10.1. The van der Waals surface area contributed by atoms with Crippen LogP contribution in [0.15, 0.2) is 24.3 Å². The number of halogens is 1. The van der Waals surface area contributed by atoms with Crippen LogP contribution < -0.4 is 5.73 Å². The fraction of sp³-hybridized carbons (Fsp3) is 0.167. The molecule has 7 nitrogen and oxygen atoms in total. The monoisotopic (exact) mass is 294 g/mol. The third-order valence-corrected chi connectivity index (χ3v) is 2.88. The number of carboxylic acid groups (broad SMARTS) is 1. The summed E-state index contributed by atoms with van der Waals surface area (Å²) in [5.74, 6) is -1.83. The van der Waals surface area contributed by atoms with E-state index in [4.69, 9.17) is 22.4 Å². The van der Waals surface area contributed by atoms with Gasteiger partial charge in [0.05, 0.1) is 5.69 Å². The fourth-order valence-corrected chi connectivity index (χ4v) is 1.87. The second kappa shape index (κ2) is 5.70. The molecule has 0 atom stereocenters. The second-order valence-electron chi connectivity index (χ2n) is 4.12. The topological polar surface area (TPSA) is 111 Å². The van der Waals surface area contributed by atoms with E-state index >= 15 is 0 Å². The molecule has 104 valence electrons. The average Bonchev–Trinajstić information content (AvgIpc) is 2.74. The molecule has 0 bridgehead atoms. The Bertz CT molecular complexity index is 651. The van der Waals surface area contributed by atoms with Crippen LogP contribution in [0.3, 0.4) is 0 Å². The highest BCUT2D eigenvalue weighted by atomic mass is 35.5. The molecule has 3 N–H and O–H groups in total. The largest absolute Gasteiger partial charge is 0.476 e.